The quantitative estimate of drug-likeness (QED) is 0.670. The van der Waals surface area contributed by atoms with E-state index in [1.54, 1.807) is 12.1 Å². The summed E-state index contributed by atoms with van der Waals surface area (Å²) in [5.41, 5.74) is 0.719. The first-order chi connectivity index (χ1) is 6.70. The minimum absolute atomic E-state index is 0.0475. The Morgan fingerprint density at radius 3 is 2.50 bits per heavy atom. The molecule has 76 valence electrons. The number of rotatable bonds is 5. The molecule has 0 heterocycles. The van der Waals surface area contributed by atoms with Crippen LogP contribution in [-0.4, -0.2) is 19.0 Å². The Kier molecular flexibility index (Phi) is 4.33. The molecule has 0 aliphatic carbocycles. The number of benzene rings is 1. The van der Waals surface area contributed by atoms with Crippen LogP contribution in [0.5, 0.6) is 0 Å². The van der Waals surface area contributed by atoms with E-state index in [2.05, 4.69) is 13.8 Å². The standard InChI is InChI=1S/C12H16O2/c1-10(2)8-14-9-12(13)11-6-4-3-5-7-11/h3-7,10H,8-9H2,1-2H3. The van der Waals surface area contributed by atoms with Crippen molar-refractivity contribution >= 4 is 5.78 Å². The molecule has 0 unspecified atom stereocenters. The Labute approximate surface area is 84.9 Å². The fourth-order valence-corrected chi connectivity index (χ4v) is 1.09. The number of ketones is 1. The van der Waals surface area contributed by atoms with Gasteiger partial charge in [0.1, 0.15) is 6.61 Å². The lowest BCUT2D eigenvalue weighted by molar-refractivity contribution is 0.0705. The molecule has 0 saturated carbocycles. The van der Waals surface area contributed by atoms with Crippen molar-refractivity contribution in [3.8, 4) is 0 Å². The van der Waals surface area contributed by atoms with Crippen LogP contribution in [0.2, 0.25) is 0 Å². The van der Waals surface area contributed by atoms with Gasteiger partial charge in [-0.25, -0.2) is 0 Å². The normalized spacial score (nSPS) is 10.5. The lowest BCUT2D eigenvalue weighted by atomic mass is 10.1. The number of hydrogen-bond acceptors (Lipinski definition) is 2. The topological polar surface area (TPSA) is 26.3 Å². The van der Waals surface area contributed by atoms with Crippen molar-refractivity contribution in [3.63, 3.8) is 0 Å². The average Bonchev–Trinajstić information content (AvgIpc) is 2.18. The van der Waals surface area contributed by atoms with Gasteiger partial charge in [-0.1, -0.05) is 44.2 Å². The molecule has 0 aromatic heterocycles. The van der Waals surface area contributed by atoms with E-state index < -0.39 is 0 Å². The predicted octanol–water partition coefficient (Wildman–Crippen LogP) is 2.54. The Hall–Kier alpha value is -1.15. The number of ether oxygens (including phenoxy) is 1. The fourth-order valence-electron chi connectivity index (χ4n) is 1.09. The highest BCUT2D eigenvalue weighted by molar-refractivity contribution is 5.96. The zero-order chi connectivity index (χ0) is 10.4. The van der Waals surface area contributed by atoms with Gasteiger partial charge >= 0.3 is 0 Å². The lowest BCUT2D eigenvalue weighted by Crippen LogP contribution is -2.12. The fraction of sp³-hybridized carbons (Fsp3) is 0.417. The first kappa shape index (κ1) is 10.9. The van der Waals surface area contributed by atoms with Crippen LogP contribution in [0.15, 0.2) is 30.3 Å². The van der Waals surface area contributed by atoms with Crippen LogP contribution in [0.3, 0.4) is 0 Å². The van der Waals surface area contributed by atoms with Crippen molar-refractivity contribution in [1.82, 2.24) is 0 Å². The third-order valence-electron chi connectivity index (χ3n) is 1.78. The van der Waals surface area contributed by atoms with Gasteiger partial charge in [-0.3, -0.25) is 4.79 Å². The van der Waals surface area contributed by atoms with Crippen LogP contribution >= 0.6 is 0 Å². The highest BCUT2D eigenvalue weighted by Crippen LogP contribution is 2.01. The monoisotopic (exact) mass is 192 g/mol. The molecule has 0 radical (unpaired) electrons. The van der Waals surface area contributed by atoms with Gasteiger partial charge in [-0.2, -0.15) is 0 Å². The third-order valence-corrected chi connectivity index (χ3v) is 1.78. The minimum Gasteiger partial charge on any atom is -0.373 e. The highest BCUT2D eigenvalue weighted by atomic mass is 16.5. The van der Waals surface area contributed by atoms with E-state index in [1.807, 2.05) is 18.2 Å². The average molecular weight is 192 g/mol. The molecule has 1 rings (SSSR count). The largest absolute Gasteiger partial charge is 0.373 e. The Morgan fingerprint density at radius 2 is 1.93 bits per heavy atom. The van der Waals surface area contributed by atoms with E-state index in [0.717, 1.165) is 5.56 Å². The molecule has 0 N–H and O–H groups in total. The van der Waals surface area contributed by atoms with Crippen LogP contribution in [0, 0.1) is 5.92 Å². The smallest absolute Gasteiger partial charge is 0.188 e. The maximum Gasteiger partial charge on any atom is 0.188 e. The molecule has 0 aliphatic rings. The Bertz CT molecular complexity index is 278. The third kappa shape index (κ3) is 3.71. The van der Waals surface area contributed by atoms with Crippen molar-refractivity contribution in [1.29, 1.82) is 0 Å². The minimum atomic E-state index is 0.0475. The van der Waals surface area contributed by atoms with Crippen molar-refractivity contribution in [3.05, 3.63) is 35.9 Å². The zero-order valence-electron chi connectivity index (χ0n) is 8.69. The first-order valence-electron chi connectivity index (χ1n) is 4.86. The van der Waals surface area contributed by atoms with Crippen molar-refractivity contribution < 1.29 is 9.53 Å². The molecule has 14 heavy (non-hydrogen) atoms. The van der Waals surface area contributed by atoms with Crippen LogP contribution in [0.1, 0.15) is 24.2 Å². The van der Waals surface area contributed by atoms with Gasteiger partial charge in [-0.05, 0) is 5.92 Å². The van der Waals surface area contributed by atoms with E-state index in [0.29, 0.717) is 12.5 Å². The summed E-state index contributed by atoms with van der Waals surface area (Å²) in [4.78, 5) is 11.5. The van der Waals surface area contributed by atoms with Gasteiger partial charge < -0.3 is 4.74 Å². The molecule has 0 aliphatic heterocycles. The van der Waals surface area contributed by atoms with E-state index in [4.69, 9.17) is 4.74 Å². The van der Waals surface area contributed by atoms with Gasteiger partial charge in [0.2, 0.25) is 0 Å². The Morgan fingerprint density at radius 1 is 1.29 bits per heavy atom. The van der Waals surface area contributed by atoms with Crippen molar-refractivity contribution in [2.75, 3.05) is 13.2 Å². The van der Waals surface area contributed by atoms with E-state index in [-0.39, 0.29) is 12.4 Å². The molecule has 2 nitrogen and oxygen atoms in total. The second kappa shape index (κ2) is 5.55. The highest BCUT2D eigenvalue weighted by Gasteiger charge is 2.04. The van der Waals surface area contributed by atoms with Gasteiger partial charge in [0.05, 0.1) is 0 Å². The molecule has 1 aromatic carbocycles. The van der Waals surface area contributed by atoms with Crippen LogP contribution in [0.4, 0.5) is 0 Å². The SMILES string of the molecule is CC(C)COCC(=O)c1ccccc1. The molecule has 0 fully saturated rings. The maximum atomic E-state index is 11.5. The summed E-state index contributed by atoms with van der Waals surface area (Å²) < 4.78 is 5.26. The van der Waals surface area contributed by atoms with Crippen LogP contribution in [0.25, 0.3) is 0 Å². The predicted molar refractivity (Wildman–Crippen MR) is 56.4 cm³/mol. The molecular formula is C12H16O2. The van der Waals surface area contributed by atoms with Crippen LogP contribution < -0.4 is 0 Å². The molecule has 0 bridgehead atoms. The number of hydrogen-bond donors (Lipinski definition) is 0. The summed E-state index contributed by atoms with van der Waals surface area (Å²) in [6, 6.07) is 9.22. The Balaban J connectivity index is 2.36. The molecule has 0 spiro atoms. The maximum absolute atomic E-state index is 11.5. The van der Waals surface area contributed by atoms with E-state index in [1.165, 1.54) is 0 Å². The van der Waals surface area contributed by atoms with Gasteiger partial charge in [-0.15, -0.1) is 0 Å². The van der Waals surface area contributed by atoms with Crippen molar-refractivity contribution in [2.24, 2.45) is 5.92 Å². The lowest BCUT2D eigenvalue weighted by Gasteiger charge is -2.05. The summed E-state index contributed by atoms with van der Waals surface area (Å²) >= 11 is 0. The van der Waals surface area contributed by atoms with Gasteiger partial charge in [0.25, 0.3) is 0 Å². The van der Waals surface area contributed by atoms with E-state index in [9.17, 15) is 4.79 Å². The molecule has 0 saturated heterocycles. The van der Waals surface area contributed by atoms with Gasteiger partial charge in [0, 0.05) is 12.2 Å². The summed E-state index contributed by atoms with van der Waals surface area (Å²) in [6.45, 7) is 4.95. The summed E-state index contributed by atoms with van der Waals surface area (Å²) in [6.07, 6.45) is 0. The summed E-state index contributed by atoms with van der Waals surface area (Å²) in [5.74, 6) is 0.518. The van der Waals surface area contributed by atoms with E-state index >= 15 is 0 Å². The second-order valence-electron chi connectivity index (χ2n) is 3.70. The molecule has 0 atom stereocenters. The summed E-state index contributed by atoms with van der Waals surface area (Å²) in [7, 11) is 0. The van der Waals surface area contributed by atoms with Crippen LogP contribution in [-0.2, 0) is 4.74 Å². The van der Waals surface area contributed by atoms with Crippen molar-refractivity contribution in [2.45, 2.75) is 13.8 Å². The number of Topliss-reactive ketones (excluding diaryl/α,β-unsaturated/α-hetero) is 1. The number of carbonyl (C=O) groups is 1. The summed E-state index contributed by atoms with van der Waals surface area (Å²) in [5, 5.41) is 0. The molecule has 2 heteroatoms. The zero-order valence-corrected chi connectivity index (χ0v) is 8.69. The second-order valence-corrected chi connectivity index (χ2v) is 3.70. The molecular weight excluding hydrogens is 176 g/mol. The van der Waals surface area contributed by atoms with Gasteiger partial charge in [0.15, 0.2) is 5.78 Å². The molecule has 1 aromatic rings. The first-order valence-corrected chi connectivity index (χ1v) is 4.86. The number of carbonyl (C=O) groups excluding carboxylic acids is 1. The molecule has 0 amide bonds.